The van der Waals surface area contributed by atoms with E-state index in [0.29, 0.717) is 18.7 Å². The van der Waals surface area contributed by atoms with Crippen LogP contribution in [0.15, 0.2) is 24.3 Å². The lowest BCUT2D eigenvalue weighted by atomic mass is 10.1. The Morgan fingerprint density at radius 2 is 1.88 bits per heavy atom. The van der Waals surface area contributed by atoms with E-state index in [1.165, 1.54) is 0 Å². The first-order chi connectivity index (χ1) is 7.83. The highest BCUT2D eigenvalue weighted by Gasteiger charge is 2.21. The maximum atomic E-state index is 12.2. The summed E-state index contributed by atoms with van der Waals surface area (Å²) in [7, 11) is 0. The molecule has 0 aromatic heterocycles. The van der Waals surface area contributed by atoms with Crippen molar-refractivity contribution >= 4 is 28.5 Å². The summed E-state index contributed by atoms with van der Waals surface area (Å²) in [6.45, 7) is 6.26. The van der Waals surface area contributed by atoms with Crippen LogP contribution in [0.1, 0.15) is 31.1 Å². The van der Waals surface area contributed by atoms with Crippen LogP contribution in [-0.2, 0) is 0 Å². The molecule has 0 atom stereocenters. The van der Waals surface area contributed by atoms with Crippen molar-refractivity contribution < 1.29 is 9.90 Å². The number of likely N-dealkylation sites (N-methyl/N-ethyl adjacent to an activating group) is 1. The van der Waals surface area contributed by atoms with Crippen molar-refractivity contribution in [2.24, 2.45) is 0 Å². The van der Waals surface area contributed by atoms with Gasteiger partial charge >= 0.3 is 0 Å². The summed E-state index contributed by atoms with van der Waals surface area (Å²) in [5.74, 6) is -0.0361. The minimum absolute atomic E-state index is 0.0361. The minimum Gasteiger partial charge on any atom is -0.389 e. The number of rotatable bonds is 4. The van der Waals surface area contributed by atoms with Gasteiger partial charge in [-0.3, -0.25) is 4.79 Å². The van der Waals surface area contributed by atoms with Crippen LogP contribution in [0, 0.1) is 3.57 Å². The number of nitrogens with zero attached hydrogens (tertiary/aromatic N) is 1. The summed E-state index contributed by atoms with van der Waals surface area (Å²) < 4.78 is 1.10. The van der Waals surface area contributed by atoms with Gasteiger partial charge < -0.3 is 10.0 Å². The molecule has 0 radical (unpaired) electrons. The second-order valence-electron chi connectivity index (χ2n) is 4.64. The lowest BCUT2D eigenvalue weighted by molar-refractivity contribution is 0.0314. The van der Waals surface area contributed by atoms with Gasteiger partial charge in [-0.05, 0) is 67.6 Å². The smallest absolute Gasteiger partial charge is 0.253 e. The number of benzene rings is 1. The Morgan fingerprint density at radius 3 is 2.29 bits per heavy atom. The topological polar surface area (TPSA) is 40.5 Å². The Labute approximate surface area is 116 Å². The second-order valence-corrected chi connectivity index (χ2v) is 5.88. The van der Waals surface area contributed by atoms with E-state index >= 15 is 0 Å². The van der Waals surface area contributed by atoms with Crippen molar-refractivity contribution in [3.05, 3.63) is 33.4 Å². The average Bonchev–Trinajstić information content (AvgIpc) is 2.25. The minimum atomic E-state index is -0.866. The molecule has 0 aliphatic heterocycles. The van der Waals surface area contributed by atoms with Crippen LogP contribution in [0.2, 0.25) is 0 Å². The first kappa shape index (κ1) is 14.4. The predicted octanol–water partition coefficient (Wildman–Crippen LogP) is 2.52. The van der Waals surface area contributed by atoms with Crippen molar-refractivity contribution in [3.63, 3.8) is 0 Å². The van der Waals surface area contributed by atoms with Gasteiger partial charge in [0.05, 0.1) is 5.60 Å². The number of amides is 1. The summed E-state index contributed by atoms with van der Waals surface area (Å²) >= 11 is 2.20. The number of hydrogen-bond donors (Lipinski definition) is 1. The van der Waals surface area contributed by atoms with E-state index in [-0.39, 0.29) is 5.91 Å². The van der Waals surface area contributed by atoms with Gasteiger partial charge in [0.15, 0.2) is 0 Å². The van der Waals surface area contributed by atoms with Crippen LogP contribution in [-0.4, -0.2) is 34.6 Å². The summed E-state index contributed by atoms with van der Waals surface area (Å²) in [6, 6.07) is 7.45. The standard InChI is InChI=1S/C13H18INO2/c1-4-15(9-13(2,3)17)12(16)10-5-7-11(14)8-6-10/h5-8,17H,4,9H2,1-3H3. The van der Waals surface area contributed by atoms with Crippen LogP contribution in [0.4, 0.5) is 0 Å². The maximum Gasteiger partial charge on any atom is 0.253 e. The molecule has 1 amide bonds. The molecule has 0 aliphatic rings. The third-order valence-corrected chi connectivity index (χ3v) is 3.06. The van der Waals surface area contributed by atoms with Gasteiger partial charge in [0.2, 0.25) is 0 Å². The molecule has 4 heteroatoms. The number of hydrogen-bond acceptors (Lipinski definition) is 2. The highest BCUT2D eigenvalue weighted by Crippen LogP contribution is 2.12. The highest BCUT2D eigenvalue weighted by molar-refractivity contribution is 14.1. The Bertz CT molecular complexity index is 381. The van der Waals surface area contributed by atoms with Crippen LogP contribution in [0.3, 0.4) is 0 Å². The molecule has 0 aliphatic carbocycles. The molecule has 1 N–H and O–H groups in total. The normalized spacial score (nSPS) is 11.4. The van der Waals surface area contributed by atoms with E-state index in [2.05, 4.69) is 22.6 Å². The number of halogens is 1. The molecule has 0 spiro atoms. The second kappa shape index (κ2) is 5.82. The first-order valence-electron chi connectivity index (χ1n) is 5.60. The molecule has 0 unspecified atom stereocenters. The summed E-state index contributed by atoms with van der Waals surface area (Å²) in [4.78, 5) is 13.8. The van der Waals surface area contributed by atoms with E-state index in [9.17, 15) is 9.90 Å². The van der Waals surface area contributed by atoms with Gasteiger partial charge in [0.25, 0.3) is 5.91 Å². The fourth-order valence-corrected chi connectivity index (χ4v) is 1.93. The quantitative estimate of drug-likeness (QED) is 0.851. The van der Waals surface area contributed by atoms with Gasteiger partial charge in [-0.2, -0.15) is 0 Å². The van der Waals surface area contributed by atoms with E-state index < -0.39 is 5.60 Å². The molecule has 0 saturated carbocycles. The van der Waals surface area contributed by atoms with Gasteiger partial charge in [-0.1, -0.05) is 0 Å². The zero-order chi connectivity index (χ0) is 13.1. The SMILES string of the molecule is CCN(CC(C)(C)O)C(=O)c1ccc(I)cc1. The highest BCUT2D eigenvalue weighted by atomic mass is 127. The molecule has 3 nitrogen and oxygen atoms in total. The van der Waals surface area contributed by atoms with Gasteiger partial charge in [0.1, 0.15) is 0 Å². The fourth-order valence-electron chi connectivity index (χ4n) is 1.57. The molecule has 1 aromatic rings. The zero-order valence-corrected chi connectivity index (χ0v) is 12.6. The number of carbonyl (C=O) groups is 1. The third kappa shape index (κ3) is 4.63. The zero-order valence-electron chi connectivity index (χ0n) is 10.4. The van der Waals surface area contributed by atoms with Crippen LogP contribution in [0.5, 0.6) is 0 Å². The Balaban J connectivity index is 2.83. The van der Waals surface area contributed by atoms with E-state index in [0.717, 1.165) is 3.57 Å². The lowest BCUT2D eigenvalue weighted by Crippen LogP contribution is -2.42. The van der Waals surface area contributed by atoms with E-state index in [1.807, 2.05) is 31.2 Å². The Morgan fingerprint density at radius 1 is 1.35 bits per heavy atom. The van der Waals surface area contributed by atoms with Crippen LogP contribution >= 0.6 is 22.6 Å². The third-order valence-electron chi connectivity index (χ3n) is 2.34. The van der Waals surface area contributed by atoms with Crippen LogP contribution in [0.25, 0.3) is 0 Å². The summed E-state index contributed by atoms with van der Waals surface area (Å²) in [5, 5.41) is 9.76. The molecule has 0 heterocycles. The van der Waals surface area contributed by atoms with E-state index in [4.69, 9.17) is 0 Å². The molecule has 1 rings (SSSR count). The molecule has 0 fully saturated rings. The average molecular weight is 347 g/mol. The summed E-state index contributed by atoms with van der Waals surface area (Å²) in [6.07, 6.45) is 0. The molecular weight excluding hydrogens is 329 g/mol. The van der Waals surface area contributed by atoms with E-state index in [1.54, 1.807) is 18.7 Å². The molecular formula is C13H18INO2. The molecule has 0 bridgehead atoms. The predicted molar refractivity (Wildman–Crippen MR) is 77.0 cm³/mol. The van der Waals surface area contributed by atoms with Crippen molar-refractivity contribution in [2.45, 2.75) is 26.4 Å². The van der Waals surface area contributed by atoms with Gasteiger partial charge in [-0.25, -0.2) is 0 Å². The van der Waals surface area contributed by atoms with Crippen LogP contribution < -0.4 is 0 Å². The lowest BCUT2D eigenvalue weighted by Gasteiger charge is -2.28. The maximum absolute atomic E-state index is 12.2. The Kier molecular flexibility index (Phi) is 4.94. The van der Waals surface area contributed by atoms with Crippen molar-refractivity contribution in [2.75, 3.05) is 13.1 Å². The molecule has 94 valence electrons. The fraction of sp³-hybridized carbons (Fsp3) is 0.462. The summed E-state index contributed by atoms with van der Waals surface area (Å²) in [5.41, 5.74) is -0.203. The monoisotopic (exact) mass is 347 g/mol. The van der Waals surface area contributed by atoms with Gasteiger partial charge in [-0.15, -0.1) is 0 Å². The molecule has 1 aromatic carbocycles. The largest absolute Gasteiger partial charge is 0.389 e. The Hall–Kier alpha value is -0.620. The molecule has 0 saturated heterocycles. The molecule has 17 heavy (non-hydrogen) atoms. The van der Waals surface area contributed by atoms with Gasteiger partial charge in [0, 0.05) is 22.2 Å². The van der Waals surface area contributed by atoms with Crippen molar-refractivity contribution in [1.29, 1.82) is 0 Å². The number of aliphatic hydroxyl groups is 1. The van der Waals surface area contributed by atoms with Crippen molar-refractivity contribution in [1.82, 2.24) is 4.90 Å². The van der Waals surface area contributed by atoms with Crippen molar-refractivity contribution in [3.8, 4) is 0 Å². The number of carbonyl (C=O) groups excluding carboxylic acids is 1. The first-order valence-corrected chi connectivity index (χ1v) is 6.68.